The first-order valence-corrected chi connectivity index (χ1v) is 19.4. The number of anilines is 2. The molecule has 5 aliphatic rings. The fourth-order valence-corrected chi connectivity index (χ4v) is 8.00. The first-order valence-electron chi connectivity index (χ1n) is 19.4. The molecular formula is C40H51N11O3. The van der Waals surface area contributed by atoms with Crippen LogP contribution in [0.3, 0.4) is 0 Å². The van der Waals surface area contributed by atoms with E-state index in [-0.39, 0.29) is 59.3 Å². The van der Waals surface area contributed by atoms with Crippen LogP contribution in [0, 0.1) is 5.92 Å². The van der Waals surface area contributed by atoms with Gasteiger partial charge in [-0.3, -0.25) is 24.0 Å². The number of carbonyl (C=O) groups is 3. The summed E-state index contributed by atoms with van der Waals surface area (Å²) in [6.45, 7) is 7.58. The number of pyridine rings is 1. The summed E-state index contributed by atoms with van der Waals surface area (Å²) in [5, 5.41) is 14.1. The number of nitrogens with zero attached hydrogens (tertiary/aromatic N) is 6. The van der Waals surface area contributed by atoms with E-state index >= 15 is 0 Å². The van der Waals surface area contributed by atoms with Crippen LogP contribution < -0.4 is 32.3 Å². The molecule has 0 bridgehead atoms. The highest BCUT2D eigenvalue weighted by Gasteiger charge is 2.40. The lowest BCUT2D eigenvalue weighted by Gasteiger charge is -2.45. The van der Waals surface area contributed by atoms with Crippen molar-refractivity contribution in [3.05, 3.63) is 83.0 Å². The first-order chi connectivity index (χ1) is 26.1. The van der Waals surface area contributed by atoms with Crippen LogP contribution in [-0.4, -0.2) is 81.6 Å². The van der Waals surface area contributed by atoms with Crippen molar-refractivity contribution in [2.24, 2.45) is 17.4 Å². The Morgan fingerprint density at radius 1 is 1.00 bits per heavy atom. The molecule has 5 heterocycles. The molecule has 0 radical (unpaired) electrons. The van der Waals surface area contributed by atoms with Crippen molar-refractivity contribution in [2.45, 2.75) is 83.0 Å². The number of nitrogens with one attached hydrogen (secondary N) is 3. The van der Waals surface area contributed by atoms with Crippen molar-refractivity contribution >= 4 is 29.1 Å². The van der Waals surface area contributed by atoms with Gasteiger partial charge in [-0.05, 0) is 70.1 Å². The lowest BCUT2D eigenvalue weighted by molar-refractivity contribution is -0.121. The van der Waals surface area contributed by atoms with Gasteiger partial charge in [0, 0.05) is 68.4 Å². The summed E-state index contributed by atoms with van der Waals surface area (Å²) in [6.07, 6.45) is 9.98. The SMILES string of the molecule is CCC1c2c(cnn2C2CN(C(C)c3cccc(C(=O)N4CCCC4)n3)C2)-c2cccc(NC(/C=C(\N)NC(=O)C3CC3)=C(/N)C(=O)NC3CC3)c2N1C. The van der Waals surface area contributed by atoms with Gasteiger partial charge in [-0.2, -0.15) is 5.10 Å². The van der Waals surface area contributed by atoms with Crippen LogP contribution >= 0.6 is 0 Å². The Bertz CT molecular complexity index is 2020. The van der Waals surface area contributed by atoms with Gasteiger partial charge in [-0.15, -0.1) is 0 Å². The van der Waals surface area contributed by atoms with Crippen LogP contribution in [0.4, 0.5) is 11.4 Å². The van der Waals surface area contributed by atoms with Gasteiger partial charge in [-0.25, -0.2) is 4.98 Å². The molecule has 14 heteroatoms. The Morgan fingerprint density at radius 3 is 2.44 bits per heavy atom. The lowest BCUT2D eigenvalue weighted by Crippen LogP contribution is -2.50. The maximum atomic E-state index is 13.2. The Hall–Kier alpha value is -5.37. The fraction of sp³-hybridized carbons (Fsp3) is 0.475. The second kappa shape index (κ2) is 14.5. The minimum atomic E-state index is -0.381. The third kappa shape index (κ3) is 6.90. The van der Waals surface area contributed by atoms with Crippen molar-refractivity contribution in [3.63, 3.8) is 0 Å². The minimum absolute atomic E-state index is 0.00831. The van der Waals surface area contributed by atoms with Crippen molar-refractivity contribution in [1.82, 2.24) is 35.2 Å². The van der Waals surface area contributed by atoms with Crippen molar-refractivity contribution in [3.8, 4) is 11.1 Å². The number of likely N-dealkylation sites (tertiary alicyclic amines) is 2. The number of aromatic nitrogens is 3. The predicted molar refractivity (Wildman–Crippen MR) is 207 cm³/mol. The van der Waals surface area contributed by atoms with E-state index < -0.39 is 0 Å². The van der Waals surface area contributed by atoms with E-state index in [4.69, 9.17) is 21.5 Å². The van der Waals surface area contributed by atoms with E-state index in [9.17, 15) is 14.4 Å². The molecule has 3 amide bonds. The second-order valence-corrected chi connectivity index (χ2v) is 15.4. The lowest BCUT2D eigenvalue weighted by atomic mass is 9.91. The number of hydrogen-bond acceptors (Lipinski definition) is 10. The third-order valence-electron chi connectivity index (χ3n) is 11.5. The number of amides is 3. The largest absolute Gasteiger partial charge is 0.393 e. The third-order valence-corrected chi connectivity index (χ3v) is 11.5. The summed E-state index contributed by atoms with van der Waals surface area (Å²) in [5.74, 6) is -0.398. The van der Waals surface area contributed by atoms with E-state index in [0.717, 1.165) is 99.3 Å². The molecule has 14 nitrogen and oxygen atoms in total. The summed E-state index contributed by atoms with van der Waals surface area (Å²) in [5.41, 5.74) is 19.5. The zero-order valence-corrected chi connectivity index (χ0v) is 31.3. The van der Waals surface area contributed by atoms with Gasteiger partial charge < -0.3 is 37.2 Å². The predicted octanol–water partition coefficient (Wildman–Crippen LogP) is 3.89. The molecule has 0 spiro atoms. The fourth-order valence-electron chi connectivity index (χ4n) is 8.00. The Morgan fingerprint density at radius 2 is 1.74 bits per heavy atom. The maximum Gasteiger partial charge on any atom is 0.272 e. The first kappa shape index (κ1) is 35.6. The van der Waals surface area contributed by atoms with Crippen LogP contribution in [0.5, 0.6) is 0 Å². The zero-order chi connectivity index (χ0) is 37.7. The highest BCUT2D eigenvalue weighted by molar-refractivity contribution is 5.97. The van der Waals surface area contributed by atoms with E-state index in [1.807, 2.05) is 41.4 Å². The van der Waals surface area contributed by atoms with Gasteiger partial charge in [0.25, 0.3) is 11.8 Å². The topological polar surface area (TPSA) is 180 Å². The maximum absolute atomic E-state index is 13.2. The average Bonchev–Trinajstić information content (AvgIpc) is 4.07. The van der Waals surface area contributed by atoms with Gasteiger partial charge >= 0.3 is 0 Å². The molecule has 284 valence electrons. The Kier molecular flexibility index (Phi) is 9.55. The number of hydrogen-bond donors (Lipinski definition) is 5. The summed E-state index contributed by atoms with van der Waals surface area (Å²) in [4.78, 5) is 50.1. The minimum Gasteiger partial charge on any atom is -0.393 e. The smallest absolute Gasteiger partial charge is 0.272 e. The Balaban J connectivity index is 1.04. The molecule has 54 heavy (non-hydrogen) atoms. The summed E-state index contributed by atoms with van der Waals surface area (Å²) in [7, 11) is 2.09. The van der Waals surface area contributed by atoms with E-state index in [2.05, 4.69) is 57.4 Å². The molecule has 2 unspecified atom stereocenters. The summed E-state index contributed by atoms with van der Waals surface area (Å²) in [6, 6.07) is 12.2. The van der Waals surface area contributed by atoms with Crippen LogP contribution in [0.2, 0.25) is 0 Å². The number of rotatable bonds is 12. The molecule has 7 N–H and O–H groups in total. The molecule has 8 rings (SSSR count). The molecule has 2 saturated heterocycles. The summed E-state index contributed by atoms with van der Waals surface area (Å²) < 4.78 is 2.20. The number of nitrogens with two attached hydrogens (primary N) is 2. The number of benzene rings is 1. The highest BCUT2D eigenvalue weighted by Crippen LogP contribution is 2.50. The van der Waals surface area contributed by atoms with Crippen LogP contribution in [0.15, 0.2) is 65.9 Å². The molecule has 1 aromatic carbocycles. The standard InChI is InChI=1S/C40H51N11O3/c1-4-33-37-28(20-43-51(37)26-21-50(22-26)23(2)29-10-8-12-31(45-29)40(54)49-17-5-6-18-49)27-9-7-11-30(36(27)48(33)3)46-32(35(42)39(53)44-25-15-16-25)19-34(41)47-38(52)24-13-14-24/h7-12,19-20,23-26,33,46H,4-6,13-18,21-22,41-42H2,1-3H3,(H,44,53)(H,47,52)/b34-19+,35-32+. The van der Waals surface area contributed by atoms with Crippen molar-refractivity contribution < 1.29 is 14.4 Å². The van der Waals surface area contributed by atoms with Crippen LogP contribution in [0.25, 0.3) is 11.1 Å². The highest BCUT2D eigenvalue weighted by atomic mass is 16.2. The van der Waals surface area contributed by atoms with Crippen LogP contribution in [-0.2, 0) is 9.59 Å². The number of carbonyl (C=O) groups excluding carboxylic acids is 3. The zero-order valence-electron chi connectivity index (χ0n) is 31.3. The van der Waals surface area contributed by atoms with Crippen molar-refractivity contribution in [1.29, 1.82) is 0 Å². The summed E-state index contributed by atoms with van der Waals surface area (Å²) >= 11 is 0. The molecule has 2 aromatic heterocycles. The number of para-hydroxylation sites is 1. The monoisotopic (exact) mass is 733 g/mol. The molecule has 4 fully saturated rings. The van der Waals surface area contributed by atoms with E-state index in [1.54, 1.807) is 0 Å². The van der Waals surface area contributed by atoms with Gasteiger partial charge in [0.1, 0.15) is 17.2 Å². The van der Waals surface area contributed by atoms with E-state index in [0.29, 0.717) is 11.4 Å². The molecule has 2 atom stereocenters. The van der Waals surface area contributed by atoms with Crippen LogP contribution in [0.1, 0.15) is 98.8 Å². The number of allylic oxidation sites excluding steroid dienone is 1. The van der Waals surface area contributed by atoms with Gasteiger partial charge in [0.15, 0.2) is 0 Å². The van der Waals surface area contributed by atoms with E-state index in [1.165, 1.54) is 11.8 Å². The Labute approximate surface area is 316 Å². The molecule has 2 aliphatic carbocycles. The number of fused-ring (bicyclic) bond motifs is 3. The second-order valence-electron chi connectivity index (χ2n) is 15.4. The quantitative estimate of drug-likeness (QED) is 0.136. The molecule has 3 aromatic rings. The van der Waals surface area contributed by atoms with Gasteiger partial charge in [-0.1, -0.05) is 25.1 Å². The average molecular weight is 734 g/mol. The molecular weight excluding hydrogens is 683 g/mol. The molecule has 3 aliphatic heterocycles. The van der Waals surface area contributed by atoms with Crippen molar-refractivity contribution in [2.75, 3.05) is 43.4 Å². The molecule has 2 saturated carbocycles. The van der Waals surface area contributed by atoms with Gasteiger partial charge in [0.05, 0.1) is 46.7 Å². The normalized spacial score (nSPS) is 21.1. The van der Waals surface area contributed by atoms with Gasteiger partial charge in [0.2, 0.25) is 5.91 Å².